The summed E-state index contributed by atoms with van der Waals surface area (Å²) in [6.45, 7) is 9.75. The molecule has 6 nitrogen and oxygen atoms in total. The van der Waals surface area contributed by atoms with E-state index in [1.807, 2.05) is 19.2 Å². The second kappa shape index (κ2) is 9.41. The first-order chi connectivity index (χ1) is 14.6. The van der Waals surface area contributed by atoms with Crippen LogP contribution in [-0.2, 0) is 9.53 Å². The number of ketones is 1. The smallest absolute Gasteiger partial charge is 0.163 e. The van der Waals surface area contributed by atoms with Gasteiger partial charge in [-0.25, -0.2) is 0 Å². The molecule has 4 rings (SSSR count). The summed E-state index contributed by atoms with van der Waals surface area (Å²) in [6, 6.07) is 6.29. The fourth-order valence-corrected chi connectivity index (χ4v) is 4.72. The van der Waals surface area contributed by atoms with Gasteiger partial charge in [-0.3, -0.25) is 19.6 Å². The lowest BCUT2D eigenvalue weighted by molar-refractivity contribution is -0.126. The molecule has 30 heavy (non-hydrogen) atoms. The van der Waals surface area contributed by atoms with Crippen LogP contribution in [0.25, 0.3) is 10.8 Å². The Morgan fingerprint density at radius 1 is 1.23 bits per heavy atom. The van der Waals surface area contributed by atoms with Crippen LogP contribution in [0.15, 0.2) is 24.4 Å². The van der Waals surface area contributed by atoms with Gasteiger partial charge in [0.05, 0.1) is 32.9 Å². The molecule has 0 bridgehead atoms. The number of ether oxygens (including phenoxy) is 2. The molecule has 6 heteroatoms. The average molecular weight is 412 g/mol. The van der Waals surface area contributed by atoms with E-state index in [4.69, 9.17) is 14.5 Å². The van der Waals surface area contributed by atoms with Gasteiger partial charge in [0.2, 0.25) is 0 Å². The van der Waals surface area contributed by atoms with E-state index < -0.39 is 0 Å². The number of fused-ring (bicyclic) bond motifs is 1. The molecule has 0 radical (unpaired) electrons. The van der Waals surface area contributed by atoms with Gasteiger partial charge in [-0.2, -0.15) is 0 Å². The van der Waals surface area contributed by atoms with E-state index in [2.05, 4.69) is 28.9 Å². The van der Waals surface area contributed by atoms with Crippen LogP contribution in [0.5, 0.6) is 5.75 Å². The lowest BCUT2D eigenvalue weighted by Gasteiger charge is -2.35. The zero-order chi connectivity index (χ0) is 21.1. The third-order valence-corrected chi connectivity index (χ3v) is 6.81. The van der Waals surface area contributed by atoms with Crippen LogP contribution in [-0.4, -0.2) is 79.7 Å². The van der Waals surface area contributed by atoms with Crippen molar-refractivity contribution in [2.75, 3.05) is 53.0 Å². The van der Waals surface area contributed by atoms with Crippen molar-refractivity contribution in [1.29, 1.82) is 0 Å². The molecular formula is C24H33N3O3. The van der Waals surface area contributed by atoms with E-state index in [0.717, 1.165) is 69.1 Å². The molecular weight excluding hydrogens is 378 g/mol. The molecule has 2 aromatic rings. The molecule has 2 aliphatic heterocycles. The maximum Gasteiger partial charge on any atom is 0.163 e. The Kier molecular flexibility index (Phi) is 6.66. The lowest BCUT2D eigenvalue weighted by Crippen LogP contribution is -2.49. The third-order valence-electron chi connectivity index (χ3n) is 6.81. The van der Waals surface area contributed by atoms with Crippen LogP contribution in [0.1, 0.15) is 36.9 Å². The second-order valence-electron chi connectivity index (χ2n) is 8.56. The Labute approximate surface area is 179 Å². The Bertz CT molecular complexity index is 887. The number of rotatable bonds is 6. The summed E-state index contributed by atoms with van der Waals surface area (Å²) >= 11 is 0. The molecule has 1 unspecified atom stereocenters. The number of morpholine rings is 1. The van der Waals surface area contributed by atoms with E-state index in [9.17, 15) is 4.79 Å². The van der Waals surface area contributed by atoms with Gasteiger partial charge < -0.3 is 9.47 Å². The molecule has 1 aromatic heterocycles. The first-order valence-electron chi connectivity index (χ1n) is 11.1. The monoisotopic (exact) mass is 411 g/mol. The number of hydrogen-bond acceptors (Lipinski definition) is 6. The molecule has 162 valence electrons. The molecule has 0 N–H and O–H groups in total. The molecule has 0 saturated carbocycles. The molecule has 2 saturated heterocycles. The highest BCUT2D eigenvalue weighted by molar-refractivity contribution is 5.87. The van der Waals surface area contributed by atoms with Crippen LogP contribution < -0.4 is 4.74 Å². The van der Waals surface area contributed by atoms with Crippen LogP contribution in [0.3, 0.4) is 0 Å². The molecule has 0 amide bonds. The van der Waals surface area contributed by atoms with Crippen molar-refractivity contribution in [1.82, 2.24) is 14.8 Å². The Morgan fingerprint density at radius 3 is 2.67 bits per heavy atom. The number of Topliss-reactive ketones (excluding diaryl/α,β-unsaturated/α-hetero) is 1. The first-order valence-corrected chi connectivity index (χ1v) is 11.1. The number of piperidine rings is 1. The predicted octanol–water partition coefficient (Wildman–Crippen LogP) is 3.02. The molecule has 3 heterocycles. The van der Waals surface area contributed by atoms with Crippen molar-refractivity contribution in [3.63, 3.8) is 0 Å². The highest BCUT2D eigenvalue weighted by Crippen LogP contribution is 2.32. The quantitative estimate of drug-likeness (QED) is 0.728. The molecule has 1 atom stereocenters. The highest BCUT2D eigenvalue weighted by Gasteiger charge is 2.27. The molecule has 0 aliphatic carbocycles. The summed E-state index contributed by atoms with van der Waals surface area (Å²) in [4.78, 5) is 22.1. The normalized spacial score (nSPS) is 20.4. The number of aromatic nitrogens is 1. The minimum absolute atomic E-state index is 0.0215. The summed E-state index contributed by atoms with van der Waals surface area (Å²) in [5.41, 5.74) is 2.32. The zero-order valence-corrected chi connectivity index (χ0v) is 18.4. The fraction of sp³-hybridized carbons (Fsp3) is 0.583. The van der Waals surface area contributed by atoms with Gasteiger partial charge in [-0.15, -0.1) is 0 Å². The van der Waals surface area contributed by atoms with Gasteiger partial charge in [0, 0.05) is 36.3 Å². The van der Waals surface area contributed by atoms with E-state index in [-0.39, 0.29) is 6.04 Å². The summed E-state index contributed by atoms with van der Waals surface area (Å²) in [7, 11) is 1.72. The van der Waals surface area contributed by atoms with Crippen LogP contribution in [0.2, 0.25) is 0 Å². The van der Waals surface area contributed by atoms with Gasteiger partial charge in [0.25, 0.3) is 0 Å². The van der Waals surface area contributed by atoms with Crippen LogP contribution in [0, 0.1) is 6.92 Å². The minimum Gasteiger partial charge on any atom is -0.496 e. The molecule has 1 aromatic carbocycles. The van der Waals surface area contributed by atoms with Crippen LogP contribution in [0.4, 0.5) is 0 Å². The molecule has 2 aliphatic rings. The summed E-state index contributed by atoms with van der Waals surface area (Å²) in [5, 5.41) is 2.37. The van der Waals surface area contributed by atoms with Crippen LogP contribution >= 0.6 is 0 Å². The van der Waals surface area contributed by atoms with Gasteiger partial charge >= 0.3 is 0 Å². The first kappa shape index (κ1) is 21.2. The third kappa shape index (κ3) is 4.51. The number of likely N-dealkylation sites (tertiary alicyclic amines) is 1. The lowest BCUT2D eigenvalue weighted by atomic mass is 9.91. The average Bonchev–Trinajstić information content (AvgIpc) is 2.80. The van der Waals surface area contributed by atoms with Crippen molar-refractivity contribution in [2.24, 2.45) is 0 Å². The van der Waals surface area contributed by atoms with Gasteiger partial charge in [-0.05, 0) is 68.9 Å². The number of carbonyl (C=O) groups excluding carboxylic acids is 1. The Hall–Kier alpha value is -2.02. The topological polar surface area (TPSA) is 54.9 Å². The van der Waals surface area contributed by atoms with E-state index in [1.54, 1.807) is 7.11 Å². The summed E-state index contributed by atoms with van der Waals surface area (Å²) < 4.78 is 10.9. The maximum absolute atomic E-state index is 12.8. The van der Waals surface area contributed by atoms with E-state index in [0.29, 0.717) is 18.2 Å². The van der Waals surface area contributed by atoms with E-state index in [1.165, 1.54) is 10.9 Å². The van der Waals surface area contributed by atoms with Crippen molar-refractivity contribution in [2.45, 2.75) is 38.6 Å². The number of methoxy groups -OCH3 is 1. The van der Waals surface area contributed by atoms with Gasteiger partial charge in [-0.1, -0.05) is 0 Å². The second-order valence-corrected chi connectivity index (χ2v) is 8.56. The highest BCUT2D eigenvalue weighted by atomic mass is 16.5. The van der Waals surface area contributed by atoms with Gasteiger partial charge in [0.1, 0.15) is 5.75 Å². The van der Waals surface area contributed by atoms with Crippen molar-refractivity contribution in [3.05, 3.63) is 35.7 Å². The number of nitrogens with zero attached hydrogens (tertiary/aromatic N) is 3. The largest absolute Gasteiger partial charge is 0.496 e. The minimum atomic E-state index is -0.0215. The SMILES string of the molecule is COc1ccc2cnc(C3CCN(CC(=O)C(C)N4CCOCC4)CC3)cc2c1C. The number of benzene rings is 1. The fourth-order valence-electron chi connectivity index (χ4n) is 4.72. The Morgan fingerprint density at radius 2 is 1.97 bits per heavy atom. The maximum atomic E-state index is 12.8. The van der Waals surface area contributed by atoms with Crippen molar-refractivity contribution >= 4 is 16.6 Å². The van der Waals surface area contributed by atoms with E-state index >= 15 is 0 Å². The standard InChI is InChI=1S/C24H33N3O3/c1-17-21-14-22(25-15-20(21)4-5-24(17)29-3)19-6-8-26(9-7-19)16-23(28)18(2)27-10-12-30-13-11-27/h4-5,14-15,18-19H,6-13,16H2,1-3H3. The van der Waals surface area contributed by atoms with Gasteiger partial charge in [0.15, 0.2) is 5.78 Å². The van der Waals surface area contributed by atoms with Crippen molar-refractivity contribution in [3.8, 4) is 5.75 Å². The van der Waals surface area contributed by atoms with Crippen molar-refractivity contribution < 1.29 is 14.3 Å². The predicted molar refractivity (Wildman–Crippen MR) is 118 cm³/mol. The number of carbonyl (C=O) groups is 1. The number of pyridine rings is 1. The summed E-state index contributed by atoms with van der Waals surface area (Å²) in [6.07, 6.45) is 4.07. The molecule has 2 fully saturated rings. The number of aryl methyl sites for hydroxylation is 1. The number of hydrogen-bond donors (Lipinski definition) is 0. The zero-order valence-electron chi connectivity index (χ0n) is 18.4. The Balaban J connectivity index is 1.36. The summed E-state index contributed by atoms with van der Waals surface area (Å²) in [5.74, 6) is 1.69. The molecule has 0 spiro atoms.